The lowest BCUT2D eigenvalue weighted by atomic mass is 9.43. The van der Waals surface area contributed by atoms with Crippen LogP contribution in [-0.2, 0) is 77.9 Å². The van der Waals surface area contributed by atoms with E-state index in [0.717, 1.165) is 48.5 Å². The van der Waals surface area contributed by atoms with Crippen molar-refractivity contribution < 1.29 is 91.6 Å². The Kier molecular flexibility index (Phi) is 13.2. The number of fused-ring (bicyclic) bond motifs is 1. The number of carbonyl (C=O) groups excluding carboxylic acids is 7. The molecule has 3 fully saturated rings. The number of nitrogens with zero attached hydrogens (tertiary/aromatic N) is 1. The molecule has 326 valence electrons. The minimum absolute atomic E-state index is 0.0597. The SMILES string of the molecule is CC(=O)OC[C@]12[C@H](OC(C)=O)[C@H](OC(C)=O)C3[C@@H](OC(C)=O)C1(O[C@@]3(C)COC(=O)c1cccnc1CCC(C)(O)C(=O)O)[C@@](C)(O)[C@@H](C)[C@H](OC(C)=O)[C@@H]2OC(C)=O. The molecule has 0 amide bonds. The zero-order valence-electron chi connectivity index (χ0n) is 34.4. The summed E-state index contributed by atoms with van der Waals surface area (Å²) in [6.07, 6.45) is -8.22. The summed E-state index contributed by atoms with van der Waals surface area (Å²) in [5, 5.41) is 32.8. The van der Waals surface area contributed by atoms with E-state index in [1.54, 1.807) is 0 Å². The summed E-state index contributed by atoms with van der Waals surface area (Å²) < 4.78 is 48.0. The molecule has 0 aromatic carbocycles. The molecule has 1 saturated heterocycles. The molecule has 1 aliphatic heterocycles. The van der Waals surface area contributed by atoms with Gasteiger partial charge in [-0.05, 0) is 45.7 Å². The van der Waals surface area contributed by atoms with Gasteiger partial charge in [-0.15, -0.1) is 0 Å². The Balaban J connectivity index is 2.05. The van der Waals surface area contributed by atoms with Crippen LogP contribution in [0, 0.1) is 17.3 Å². The summed E-state index contributed by atoms with van der Waals surface area (Å²) in [6, 6.07) is 2.75. The van der Waals surface area contributed by atoms with Gasteiger partial charge in [0.15, 0.2) is 23.4 Å². The molecule has 3 aliphatic rings. The standard InChI is InChI=1S/C39H51NO19/c1-18-28(54-20(3)42)31(57-23(6)45)38(17-52-19(2)41)32(58-24(7)46)29(55-21(4)43)27-30(56-22(5)44)39(38,37(18,10)51)59-36(27,9)16-53-33(47)25-12-11-15-40-26(25)13-14-35(8,50)34(48)49/h11-12,15,18,27-32,50-51H,13-14,16-17H2,1-10H3,(H,48,49)/t18-,27?,28-,29+,30+,31-,32+,35?,36-,37-,38-,39?/m0/s1. The number of esters is 7. The van der Waals surface area contributed by atoms with Crippen LogP contribution in [0.4, 0.5) is 0 Å². The van der Waals surface area contributed by atoms with E-state index in [1.165, 1.54) is 39.1 Å². The molecule has 1 spiro atoms. The minimum Gasteiger partial charge on any atom is -0.479 e. The molecule has 1 aromatic heterocycles. The van der Waals surface area contributed by atoms with Crippen LogP contribution in [0.1, 0.15) is 91.7 Å². The number of carboxylic acid groups (broad SMARTS) is 1. The van der Waals surface area contributed by atoms with Gasteiger partial charge < -0.3 is 53.2 Å². The maximum Gasteiger partial charge on any atom is 0.340 e. The smallest absolute Gasteiger partial charge is 0.340 e. The molecule has 4 rings (SSSR count). The zero-order chi connectivity index (χ0) is 44.6. The predicted octanol–water partition coefficient (Wildman–Crippen LogP) is 0.773. The second-order valence-corrected chi connectivity index (χ2v) is 15.8. The first-order valence-electron chi connectivity index (χ1n) is 18.7. The summed E-state index contributed by atoms with van der Waals surface area (Å²) in [4.78, 5) is 107. The number of aryl methyl sites for hydroxylation is 1. The number of carboxylic acids is 1. The number of aliphatic carboxylic acids is 1. The predicted molar refractivity (Wildman–Crippen MR) is 193 cm³/mol. The molecule has 2 saturated carbocycles. The molecular weight excluding hydrogens is 786 g/mol. The number of aromatic nitrogens is 1. The first-order chi connectivity index (χ1) is 27.2. The van der Waals surface area contributed by atoms with Crippen LogP contribution in [0.2, 0.25) is 0 Å². The summed E-state index contributed by atoms with van der Waals surface area (Å²) in [5.41, 5.74) is -11.7. The van der Waals surface area contributed by atoms with E-state index in [-0.39, 0.29) is 24.1 Å². The van der Waals surface area contributed by atoms with Crippen molar-refractivity contribution in [2.24, 2.45) is 17.3 Å². The lowest BCUT2D eigenvalue weighted by Crippen LogP contribution is -2.87. The fraction of sp³-hybridized carbons (Fsp3) is 0.667. The lowest BCUT2D eigenvalue weighted by molar-refractivity contribution is -0.378. The van der Waals surface area contributed by atoms with Gasteiger partial charge in [-0.25, -0.2) is 9.59 Å². The third-order valence-electron chi connectivity index (χ3n) is 11.5. The average molecular weight is 838 g/mol. The number of pyridine rings is 1. The van der Waals surface area contributed by atoms with Crippen LogP contribution in [0.25, 0.3) is 0 Å². The molecule has 59 heavy (non-hydrogen) atoms. The van der Waals surface area contributed by atoms with Crippen molar-refractivity contribution in [2.75, 3.05) is 13.2 Å². The third-order valence-corrected chi connectivity index (χ3v) is 11.5. The highest BCUT2D eigenvalue weighted by atomic mass is 16.7. The Morgan fingerprint density at radius 1 is 0.763 bits per heavy atom. The van der Waals surface area contributed by atoms with Crippen LogP contribution >= 0.6 is 0 Å². The van der Waals surface area contributed by atoms with E-state index in [4.69, 9.17) is 37.9 Å². The Morgan fingerprint density at radius 2 is 1.27 bits per heavy atom. The van der Waals surface area contributed by atoms with Gasteiger partial charge >= 0.3 is 47.8 Å². The highest BCUT2D eigenvalue weighted by molar-refractivity contribution is 5.90. The average Bonchev–Trinajstić information content (AvgIpc) is 3.33. The van der Waals surface area contributed by atoms with Crippen molar-refractivity contribution in [2.45, 2.75) is 135 Å². The lowest BCUT2D eigenvalue weighted by Gasteiger charge is -2.68. The number of hydrogen-bond donors (Lipinski definition) is 3. The molecule has 2 heterocycles. The quantitative estimate of drug-likeness (QED) is 0.172. The van der Waals surface area contributed by atoms with Gasteiger partial charge in [-0.1, -0.05) is 6.92 Å². The Bertz CT molecular complexity index is 1880. The van der Waals surface area contributed by atoms with Crippen LogP contribution in [0.15, 0.2) is 18.3 Å². The summed E-state index contributed by atoms with van der Waals surface area (Å²) in [5.74, 6) is -11.2. The van der Waals surface area contributed by atoms with E-state index in [2.05, 4.69) is 4.98 Å². The number of rotatable bonds is 14. The van der Waals surface area contributed by atoms with Crippen molar-refractivity contribution in [3.8, 4) is 0 Å². The monoisotopic (exact) mass is 837 g/mol. The van der Waals surface area contributed by atoms with Crippen LogP contribution in [0.3, 0.4) is 0 Å². The van der Waals surface area contributed by atoms with Gasteiger partial charge in [0.2, 0.25) is 0 Å². The molecule has 1 aromatic rings. The molecule has 3 N–H and O–H groups in total. The van der Waals surface area contributed by atoms with Gasteiger partial charge in [0.05, 0.1) is 17.2 Å². The van der Waals surface area contributed by atoms with Crippen molar-refractivity contribution >= 4 is 47.8 Å². The zero-order valence-corrected chi connectivity index (χ0v) is 34.4. The van der Waals surface area contributed by atoms with Gasteiger partial charge in [0.1, 0.15) is 48.1 Å². The Morgan fingerprint density at radius 3 is 1.78 bits per heavy atom. The Hall–Kier alpha value is -5.21. The van der Waals surface area contributed by atoms with Gasteiger partial charge in [0.25, 0.3) is 0 Å². The van der Waals surface area contributed by atoms with Crippen LogP contribution in [-0.4, -0.2) is 134 Å². The van der Waals surface area contributed by atoms with E-state index in [1.807, 2.05) is 0 Å². The van der Waals surface area contributed by atoms with Gasteiger partial charge in [-0.2, -0.15) is 0 Å². The first kappa shape index (κ1) is 46.5. The second kappa shape index (κ2) is 16.8. The topological polar surface area (TPSA) is 284 Å². The molecule has 0 radical (unpaired) electrons. The van der Waals surface area contributed by atoms with Gasteiger partial charge in [-0.3, -0.25) is 33.8 Å². The molecule has 2 bridgehead atoms. The maximum absolute atomic E-state index is 13.9. The fourth-order valence-electron chi connectivity index (χ4n) is 9.00. The van der Waals surface area contributed by atoms with Crippen LogP contribution in [0.5, 0.6) is 0 Å². The minimum atomic E-state index is -2.54. The van der Waals surface area contributed by atoms with Crippen molar-refractivity contribution in [3.05, 3.63) is 29.6 Å². The largest absolute Gasteiger partial charge is 0.479 e. The number of aliphatic hydroxyl groups is 2. The highest BCUT2D eigenvalue weighted by Gasteiger charge is 2.90. The van der Waals surface area contributed by atoms with Crippen LogP contribution < -0.4 is 0 Å². The Labute approximate surface area is 339 Å². The number of ether oxygens (including phenoxy) is 8. The third kappa shape index (κ3) is 8.34. The van der Waals surface area contributed by atoms with Crippen molar-refractivity contribution in [3.63, 3.8) is 0 Å². The fourth-order valence-corrected chi connectivity index (χ4v) is 9.00. The van der Waals surface area contributed by atoms with Crippen molar-refractivity contribution in [1.82, 2.24) is 4.98 Å². The molecule has 20 heteroatoms. The molecular formula is C39H51NO19. The summed E-state index contributed by atoms with van der Waals surface area (Å²) >= 11 is 0. The molecule has 3 unspecified atom stereocenters. The van der Waals surface area contributed by atoms with Gasteiger partial charge in [0, 0.05) is 53.7 Å². The summed E-state index contributed by atoms with van der Waals surface area (Å²) in [7, 11) is 0. The van der Waals surface area contributed by atoms with Crippen molar-refractivity contribution in [1.29, 1.82) is 0 Å². The van der Waals surface area contributed by atoms with E-state index in [9.17, 15) is 53.7 Å². The molecule has 2 aliphatic carbocycles. The van der Waals surface area contributed by atoms with E-state index in [0.29, 0.717) is 0 Å². The number of hydrogen-bond acceptors (Lipinski definition) is 19. The first-order valence-corrected chi connectivity index (χ1v) is 18.7. The molecule has 20 nitrogen and oxygen atoms in total. The second-order valence-electron chi connectivity index (χ2n) is 15.8. The molecule has 12 atom stereocenters. The normalized spacial score (nSPS) is 34.1. The maximum atomic E-state index is 13.9. The summed E-state index contributed by atoms with van der Waals surface area (Å²) in [6.45, 7) is 9.42. The van der Waals surface area contributed by atoms with E-state index >= 15 is 0 Å². The highest BCUT2D eigenvalue weighted by Crippen LogP contribution is 2.70. The van der Waals surface area contributed by atoms with E-state index < -0.39 is 131 Å². The number of carbonyl (C=O) groups is 8.